The fraction of sp³-hybridized carbons (Fsp3) is 0.424. The topological polar surface area (TPSA) is 162 Å². The van der Waals surface area contributed by atoms with Crippen LogP contribution < -0.4 is 15.4 Å². The number of imidazole rings is 1. The molecule has 2 fully saturated rings. The molecule has 276 valence electrons. The second kappa shape index (κ2) is 15.7. The van der Waals surface area contributed by atoms with Crippen molar-refractivity contribution in [3.05, 3.63) is 65.1 Å². The molecule has 5 heterocycles. The summed E-state index contributed by atoms with van der Waals surface area (Å²) in [6.45, 7) is 3.80. The van der Waals surface area contributed by atoms with Gasteiger partial charge in [0.05, 0.1) is 47.0 Å². The summed E-state index contributed by atoms with van der Waals surface area (Å²) in [5, 5.41) is 9.68. The number of carbonyl (C=O) groups excluding carboxylic acids is 3. The van der Waals surface area contributed by atoms with Crippen LogP contribution in [-0.4, -0.2) is 116 Å². The van der Waals surface area contributed by atoms with Gasteiger partial charge in [-0.2, -0.15) is 18.3 Å². The van der Waals surface area contributed by atoms with Crippen molar-refractivity contribution >= 4 is 35.0 Å². The molecule has 2 aliphatic rings. The van der Waals surface area contributed by atoms with Gasteiger partial charge in [0, 0.05) is 58.1 Å². The highest BCUT2D eigenvalue weighted by molar-refractivity contribution is 6.34. The smallest absolute Gasteiger partial charge is 0.435 e. The summed E-state index contributed by atoms with van der Waals surface area (Å²) in [7, 11) is 2.91. The summed E-state index contributed by atoms with van der Waals surface area (Å²) in [5.41, 5.74) is -1.16. The van der Waals surface area contributed by atoms with E-state index in [1.807, 2.05) is 4.90 Å². The number of rotatable bonds is 10. The third kappa shape index (κ3) is 8.03. The Kier molecular flexibility index (Phi) is 11.1. The number of piperazine rings is 1. The van der Waals surface area contributed by atoms with E-state index >= 15 is 0 Å². The maximum absolute atomic E-state index is 14.1. The molecule has 4 aromatic rings. The van der Waals surface area contributed by atoms with Gasteiger partial charge in [-0.3, -0.25) is 14.4 Å². The number of ether oxygens (including phenoxy) is 2. The minimum atomic E-state index is -4.86. The number of nitrogens with one attached hydrogen (secondary N) is 2. The zero-order chi connectivity index (χ0) is 37.0. The second-order valence-electron chi connectivity index (χ2n) is 12.2. The summed E-state index contributed by atoms with van der Waals surface area (Å²) in [5.74, 6) is -0.938. The highest BCUT2D eigenvalue weighted by Gasteiger charge is 2.39. The molecule has 0 bridgehead atoms. The molecule has 0 unspecified atom stereocenters. The van der Waals surface area contributed by atoms with Crippen LogP contribution >= 0.6 is 11.6 Å². The van der Waals surface area contributed by atoms with E-state index < -0.39 is 17.8 Å². The van der Waals surface area contributed by atoms with E-state index in [0.717, 1.165) is 43.0 Å². The summed E-state index contributed by atoms with van der Waals surface area (Å²) >= 11 is 6.49. The molecule has 0 aliphatic carbocycles. The molecule has 15 nitrogen and oxygen atoms in total. The van der Waals surface area contributed by atoms with E-state index in [0.29, 0.717) is 38.5 Å². The maximum atomic E-state index is 14.1. The monoisotopic (exact) mass is 744 g/mol. The lowest BCUT2D eigenvalue weighted by atomic mass is 9.96. The first kappa shape index (κ1) is 36.7. The number of halogens is 4. The zero-order valence-electron chi connectivity index (χ0n) is 28.3. The summed E-state index contributed by atoms with van der Waals surface area (Å²) in [4.78, 5) is 55.1. The van der Waals surface area contributed by atoms with Crippen LogP contribution in [-0.2, 0) is 22.8 Å². The Bertz CT molecular complexity index is 1920. The van der Waals surface area contributed by atoms with E-state index in [2.05, 4.69) is 30.7 Å². The van der Waals surface area contributed by atoms with E-state index in [4.69, 9.17) is 21.1 Å². The van der Waals surface area contributed by atoms with E-state index in [1.165, 1.54) is 49.3 Å². The fourth-order valence-electron chi connectivity index (χ4n) is 6.07. The molecule has 2 saturated heterocycles. The van der Waals surface area contributed by atoms with Gasteiger partial charge < -0.3 is 34.5 Å². The number of alkyl halides is 3. The van der Waals surface area contributed by atoms with Crippen molar-refractivity contribution in [3.63, 3.8) is 0 Å². The number of hydrogen-bond acceptors (Lipinski definition) is 10. The summed E-state index contributed by atoms with van der Waals surface area (Å²) in [6, 6.07) is 4.39. The van der Waals surface area contributed by atoms with Crippen LogP contribution in [0.15, 0.2) is 43.0 Å². The summed E-state index contributed by atoms with van der Waals surface area (Å²) in [6.07, 6.45) is 1.59. The number of benzene rings is 1. The van der Waals surface area contributed by atoms with Crippen molar-refractivity contribution in [3.8, 4) is 23.0 Å². The quantitative estimate of drug-likeness (QED) is 0.231. The molecule has 6 rings (SSSR count). The van der Waals surface area contributed by atoms with Gasteiger partial charge in [0.15, 0.2) is 17.3 Å². The van der Waals surface area contributed by atoms with Crippen LogP contribution in [0.5, 0.6) is 5.75 Å². The zero-order valence-corrected chi connectivity index (χ0v) is 29.1. The molecule has 0 saturated carbocycles. The summed E-state index contributed by atoms with van der Waals surface area (Å²) < 4.78 is 54.8. The number of amides is 3. The van der Waals surface area contributed by atoms with Gasteiger partial charge in [0.25, 0.3) is 17.8 Å². The van der Waals surface area contributed by atoms with Crippen LogP contribution in [0.4, 0.5) is 18.9 Å². The maximum Gasteiger partial charge on any atom is 0.435 e. The predicted octanol–water partition coefficient (Wildman–Crippen LogP) is 3.30. The Balaban J connectivity index is 1.12. The molecule has 2 N–H and O–H groups in total. The second-order valence-corrected chi connectivity index (χ2v) is 12.6. The lowest BCUT2D eigenvalue weighted by molar-refractivity contribution is -0.141. The van der Waals surface area contributed by atoms with Gasteiger partial charge in [-0.25, -0.2) is 19.6 Å². The molecule has 0 radical (unpaired) electrons. The molecule has 0 atom stereocenters. The number of nitrogens with zero attached hydrogens (tertiary/aromatic N) is 8. The van der Waals surface area contributed by atoms with Crippen LogP contribution in [0.2, 0.25) is 5.02 Å². The Morgan fingerprint density at radius 1 is 1.00 bits per heavy atom. The minimum Gasteiger partial charge on any atom is -0.488 e. The highest BCUT2D eigenvalue weighted by atomic mass is 35.5. The Labute approximate surface area is 301 Å². The number of aromatic nitrogens is 6. The molecule has 2 aliphatic heterocycles. The third-order valence-electron chi connectivity index (χ3n) is 8.85. The van der Waals surface area contributed by atoms with E-state index in [-0.39, 0.29) is 63.6 Å². The van der Waals surface area contributed by atoms with Crippen LogP contribution in [0.1, 0.15) is 39.5 Å². The van der Waals surface area contributed by atoms with Crippen molar-refractivity contribution in [2.45, 2.75) is 19.0 Å². The van der Waals surface area contributed by atoms with Crippen LogP contribution in [0.25, 0.3) is 17.2 Å². The third-order valence-corrected chi connectivity index (χ3v) is 9.16. The molecule has 0 spiro atoms. The molecule has 1 aromatic carbocycles. The van der Waals surface area contributed by atoms with Gasteiger partial charge in [-0.05, 0) is 44.1 Å². The number of carbonyl (C=O) groups is 3. The predicted molar refractivity (Wildman–Crippen MR) is 181 cm³/mol. The normalized spacial score (nSPS) is 15.5. The van der Waals surface area contributed by atoms with E-state index in [1.54, 1.807) is 4.90 Å². The molecular weight excluding hydrogens is 709 g/mol. The number of methoxy groups -OCH3 is 1. The molecule has 3 aromatic heterocycles. The average molecular weight is 745 g/mol. The average Bonchev–Trinajstić information content (AvgIpc) is 3.76. The Morgan fingerprint density at radius 2 is 1.69 bits per heavy atom. The van der Waals surface area contributed by atoms with Gasteiger partial charge >= 0.3 is 6.18 Å². The van der Waals surface area contributed by atoms with Crippen molar-refractivity contribution in [2.24, 2.45) is 13.0 Å². The first-order chi connectivity index (χ1) is 24.9. The Hall–Kier alpha value is -5.07. The van der Waals surface area contributed by atoms with E-state index in [9.17, 15) is 27.6 Å². The SMILES string of the molecule is COCCOc1cnc(-n2cc(-c3cnc(C(=O)Nc4ccc(C(=O)N5CCN(C(=O)C6CCNCC6)CC5)c(Cl)c4)n3C)c(C(F)(F)F)n2)nc1. The first-order valence-corrected chi connectivity index (χ1v) is 16.8. The van der Waals surface area contributed by atoms with Crippen molar-refractivity contribution in [1.29, 1.82) is 0 Å². The fourth-order valence-corrected chi connectivity index (χ4v) is 6.33. The van der Waals surface area contributed by atoms with Gasteiger partial charge in [0.2, 0.25) is 5.91 Å². The van der Waals surface area contributed by atoms with Gasteiger partial charge in [-0.15, -0.1) is 0 Å². The largest absolute Gasteiger partial charge is 0.488 e. The first-order valence-electron chi connectivity index (χ1n) is 16.5. The lowest BCUT2D eigenvalue weighted by Gasteiger charge is -2.37. The minimum absolute atomic E-state index is 0.00565. The van der Waals surface area contributed by atoms with Crippen LogP contribution in [0.3, 0.4) is 0 Å². The Morgan fingerprint density at radius 3 is 2.35 bits per heavy atom. The standard InChI is InChI=1S/C33H36ClF3N10O5/c1-44-26(24-19-47(43-27(24)33(35,36)37)32-40-16-22(17-41-32)52-14-13-51-2)18-39-28(44)29(48)42-21-3-4-23(25(34)15-21)31(50)46-11-9-45(10-12-46)30(49)20-5-7-38-8-6-20/h3-4,15-20,38H,5-14H2,1-2H3,(H,42,48). The number of hydrogen-bond donors (Lipinski definition) is 2. The molecule has 52 heavy (non-hydrogen) atoms. The number of anilines is 1. The van der Waals surface area contributed by atoms with Crippen molar-refractivity contribution in [2.75, 3.05) is 64.9 Å². The highest BCUT2D eigenvalue weighted by Crippen LogP contribution is 2.37. The molecule has 19 heteroatoms. The molecular formula is C33H36ClF3N10O5. The molecule has 3 amide bonds. The number of piperidine rings is 1. The van der Waals surface area contributed by atoms with Crippen molar-refractivity contribution in [1.82, 2.24) is 44.4 Å². The van der Waals surface area contributed by atoms with Crippen molar-refractivity contribution < 1.29 is 37.0 Å². The van der Waals surface area contributed by atoms with Gasteiger partial charge in [0.1, 0.15) is 6.61 Å². The van der Waals surface area contributed by atoms with Gasteiger partial charge in [-0.1, -0.05) is 11.6 Å². The van der Waals surface area contributed by atoms with Crippen LogP contribution in [0, 0.1) is 5.92 Å². The lowest BCUT2D eigenvalue weighted by Crippen LogP contribution is -2.52.